The van der Waals surface area contributed by atoms with Crippen LogP contribution in [0, 0.1) is 5.82 Å². The average Bonchev–Trinajstić information content (AvgIpc) is 3.16. The number of halogens is 4. The van der Waals surface area contributed by atoms with Gasteiger partial charge in [0.1, 0.15) is 11.5 Å². The standard InChI is InChI=1S/C13H8F4N6O/c14-7-1-3-8(4-2-7)23-6-18-5-9(23)10(24)19-12-20-11(21-22-12)13(15,16)17/h1-6H,(H2,19,20,21,22,24). The predicted octanol–water partition coefficient (Wildman–Crippen LogP) is 2.40. The van der Waals surface area contributed by atoms with E-state index < -0.39 is 29.7 Å². The summed E-state index contributed by atoms with van der Waals surface area (Å²) in [5.41, 5.74) is 0.463. The van der Waals surface area contributed by atoms with Crippen LogP contribution in [-0.2, 0) is 6.18 Å². The molecule has 0 aliphatic heterocycles. The van der Waals surface area contributed by atoms with Crippen LogP contribution in [-0.4, -0.2) is 30.6 Å². The molecule has 0 aliphatic carbocycles. The summed E-state index contributed by atoms with van der Waals surface area (Å²) in [5.74, 6) is -3.08. The van der Waals surface area contributed by atoms with Crippen LogP contribution in [0.1, 0.15) is 16.3 Å². The van der Waals surface area contributed by atoms with E-state index in [1.165, 1.54) is 41.4 Å². The molecule has 0 atom stereocenters. The molecule has 0 fully saturated rings. The van der Waals surface area contributed by atoms with Gasteiger partial charge in [-0.15, -0.1) is 5.10 Å². The summed E-state index contributed by atoms with van der Waals surface area (Å²) < 4.78 is 51.6. The molecule has 0 radical (unpaired) electrons. The third-order valence-corrected chi connectivity index (χ3v) is 2.96. The molecule has 0 bridgehead atoms. The molecular formula is C13H8F4N6O. The van der Waals surface area contributed by atoms with Gasteiger partial charge in [0, 0.05) is 5.69 Å². The molecule has 7 nitrogen and oxygen atoms in total. The van der Waals surface area contributed by atoms with Gasteiger partial charge < -0.3 is 0 Å². The number of nitrogens with one attached hydrogen (secondary N) is 2. The zero-order chi connectivity index (χ0) is 17.3. The molecule has 2 aromatic heterocycles. The van der Waals surface area contributed by atoms with Crippen LogP contribution in [0.3, 0.4) is 0 Å². The quantitative estimate of drug-likeness (QED) is 0.717. The lowest BCUT2D eigenvalue weighted by atomic mass is 10.3. The molecule has 2 heterocycles. The van der Waals surface area contributed by atoms with E-state index in [9.17, 15) is 22.4 Å². The van der Waals surface area contributed by atoms with Crippen molar-refractivity contribution in [3.63, 3.8) is 0 Å². The van der Waals surface area contributed by atoms with Crippen LogP contribution in [0.4, 0.5) is 23.5 Å². The van der Waals surface area contributed by atoms with Crippen LogP contribution in [0.2, 0.25) is 0 Å². The van der Waals surface area contributed by atoms with E-state index in [0.29, 0.717) is 5.69 Å². The van der Waals surface area contributed by atoms with E-state index in [2.05, 4.69) is 20.4 Å². The summed E-state index contributed by atoms with van der Waals surface area (Å²) in [6.45, 7) is 0. The predicted molar refractivity (Wildman–Crippen MR) is 72.9 cm³/mol. The molecule has 0 aliphatic rings. The second-order valence-electron chi connectivity index (χ2n) is 4.58. The highest BCUT2D eigenvalue weighted by Crippen LogP contribution is 2.26. The third kappa shape index (κ3) is 3.09. The molecule has 3 aromatic rings. The summed E-state index contributed by atoms with van der Waals surface area (Å²) in [7, 11) is 0. The first-order valence-corrected chi connectivity index (χ1v) is 6.44. The van der Waals surface area contributed by atoms with Gasteiger partial charge in [0.25, 0.3) is 5.91 Å². The molecule has 11 heteroatoms. The monoisotopic (exact) mass is 340 g/mol. The number of H-pyrrole nitrogens is 1. The van der Waals surface area contributed by atoms with E-state index in [0.717, 1.165) is 0 Å². The van der Waals surface area contributed by atoms with Gasteiger partial charge in [-0.25, -0.2) is 9.37 Å². The summed E-state index contributed by atoms with van der Waals surface area (Å²) in [6.07, 6.45) is -2.19. The number of rotatable bonds is 3. The number of imidazole rings is 1. The van der Waals surface area contributed by atoms with E-state index >= 15 is 0 Å². The first kappa shape index (κ1) is 15.6. The molecule has 124 valence electrons. The van der Waals surface area contributed by atoms with Crippen molar-refractivity contribution < 1.29 is 22.4 Å². The molecule has 0 saturated carbocycles. The Kier molecular flexibility index (Phi) is 3.75. The van der Waals surface area contributed by atoms with Crippen molar-refractivity contribution in [1.82, 2.24) is 24.7 Å². The lowest BCUT2D eigenvalue weighted by Crippen LogP contribution is -2.17. The summed E-state index contributed by atoms with van der Waals surface area (Å²) >= 11 is 0. The van der Waals surface area contributed by atoms with Crippen LogP contribution >= 0.6 is 0 Å². The normalized spacial score (nSPS) is 11.5. The first-order valence-electron chi connectivity index (χ1n) is 6.44. The van der Waals surface area contributed by atoms with Gasteiger partial charge in [-0.3, -0.25) is 19.8 Å². The van der Waals surface area contributed by atoms with Crippen LogP contribution < -0.4 is 5.32 Å². The third-order valence-electron chi connectivity index (χ3n) is 2.96. The number of aromatic nitrogens is 5. The lowest BCUT2D eigenvalue weighted by molar-refractivity contribution is -0.144. The highest BCUT2D eigenvalue weighted by molar-refractivity contribution is 6.02. The van der Waals surface area contributed by atoms with E-state index in [4.69, 9.17) is 0 Å². The van der Waals surface area contributed by atoms with Crippen LogP contribution in [0.5, 0.6) is 0 Å². The number of carbonyl (C=O) groups is 1. The second-order valence-corrected chi connectivity index (χ2v) is 4.58. The molecule has 0 spiro atoms. The molecule has 3 rings (SSSR count). The summed E-state index contributed by atoms with van der Waals surface area (Å²) in [5, 5.41) is 7.09. The molecule has 1 aromatic carbocycles. The number of aromatic amines is 1. The maximum Gasteiger partial charge on any atom is 0.451 e. The summed E-state index contributed by atoms with van der Waals surface area (Å²) in [6, 6.07) is 5.23. The highest BCUT2D eigenvalue weighted by atomic mass is 19.4. The number of nitrogens with zero attached hydrogens (tertiary/aromatic N) is 4. The Bertz CT molecular complexity index is 867. The molecular weight excluding hydrogens is 332 g/mol. The van der Waals surface area contributed by atoms with Crippen molar-refractivity contribution in [3.05, 3.63) is 54.1 Å². The average molecular weight is 340 g/mol. The van der Waals surface area contributed by atoms with Gasteiger partial charge >= 0.3 is 6.18 Å². The molecule has 2 N–H and O–H groups in total. The van der Waals surface area contributed by atoms with Crippen molar-refractivity contribution in [2.45, 2.75) is 6.18 Å². The fourth-order valence-electron chi connectivity index (χ4n) is 1.88. The maximum atomic E-state index is 13.0. The lowest BCUT2D eigenvalue weighted by Gasteiger charge is -2.07. The zero-order valence-corrected chi connectivity index (χ0v) is 11.7. The Morgan fingerprint density at radius 1 is 1.21 bits per heavy atom. The largest absolute Gasteiger partial charge is 0.451 e. The van der Waals surface area contributed by atoms with Crippen molar-refractivity contribution in [3.8, 4) is 5.69 Å². The Morgan fingerprint density at radius 2 is 1.92 bits per heavy atom. The number of amides is 1. The Balaban J connectivity index is 1.83. The van der Waals surface area contributed by atoms with Gasteiger partial charge in [0.2, 0.25) is 11.8 Å². The van der Waals surface area contributed by atoms with Gasteiger partial charge in [-0.2, -0.15) is 18.2 Å². The van der Waals surface area contributed by atoms with Gasteiger partial charge in [-0.1, -0.05) is 0 Å². The van der Waals surface area contributed by atoms with Crippen molar-refractivity contribution in [2.75, 3.05) is 5.32 Å². The molecule has 0 saturated heterocycles. The van der Waals surface area contributed by atoms with Crippen molar-refractivity contribution in [2.24, 2.45) is 0 Å². The zero-order valence-electron chi connectivity index (χ0n) is 11.7. The SMILES string of the molecule is O=C(Nc1n[nH]c(C(F)(F)F)n1)c1cncn1-c1ccc(F)cc1. The fraction of sp³-hybridized carbons (Fsp3) is 0.0769. The fourth-order valence-corrected chi connectivity index (χ4v) is 1.88. The minimum atomic E-state index is -4.70. The number of hydrogen-bond acceptors (Lipinski definition) is 4. The highest BCUT2D eigenvalue weighted by Gasteiger charge is 2.35. The van der Waals surface area contributed by atoms with Crippen LogP contribution in [0.25, 0.3) is 5.69 Å². The Morgan fingerprint density at radius 3 is 2.54 bits per heavy atom. The first-order chi connectivity index (χ1) is 11.3. The topological polar surface area (TPSA) is 88.5 Å². The van der Waals surface area contributed by atoms with E-state index in [-0.39, 0.29) is 5.69 Å². The number of carbonyl (C=O) groups excluding carboxylic acids is 1. The van der Waals surface area contributed by atoms with E-state index in [1.54, 1.807) is 5.10 Å². The van der Waals surface area contributed by atoms with Gasteiger partial charge in [0.15, 0.2) is 0 Å². The minimum Gasteiger partial charge on any atom is -0.295 e. The van der Waals surface area contributed by atoms with Crippen molar-refractivity contribution >= 4 is 11.9 Å². The Labute approximate surface area is 131 Å². The number of benzene rings is 1. The number of anilines is 1. The molecule has 1 amide bonds. The van der Waals surface area contributed by atoms with Gasteiger partial charge in [0.05, 0.1) is 12.5 Å². The number of alkyl halides is 3. The second kappa shape index (κ2) is 5.76. The van der Waals surface area contributed by atoms with E-state index in [1.807, 2.05) is 0 Å². The summed E-state index contributed by atoms with van der Waals surface area (Å²) in [4.78, 5) is 19.1. The number of hydrogen-bond donors (Lipinski definition) is 2. The molecule has 0 unspecified atom stereocenters. The van der Waals surface area contributed by atoms with Gasteiger partial charge in [-0.05, 0) is 24.3 Å². The smallest absolute Gasteiger partial charge is 0.295 e. The molecule has 24 heavy (non-hydrogen) atoms. The van der Waals surface area contributed by atoms with Crippen LogP contribution in [0.15, 0.2) is 36.8 Å². The van der Waals surface area contributed by atoms with Crippen molar-refractivity contribution in [1.29, 1.82) is 0 Å². The maximum absolute atomic E-state index is 13.0. The Hall–Kier alpha value is -3.24. The minimum absolute atomic E-state index is 0.0139.